The minimum atomic E-state index is -0.742. The van der Waals surface area contributed by atoms with Gasteiger partial charge in [0.15, 0.2) is 0 Å². The van der Waals surface area contributed by atoms with E-state index in [1.807, 2.05) is 16.8 Å². The van der Waals surface area contributed by atoms with Gasteiger partial charge in [-0.05, 0) is 74.6 Å². The number of carboxylic acid groups (broad SMARTS) is 1. The van der Waals surface area contributed by atoms with Crippen LogP contribution < -0.4 is 5.32 Å². The number of benzene rings is 2. The Labute approximate surface area is 199 Å². The number of rotatable bonds is 6. The number of aliphatic carboxylic acids is 1. The molecule has 0 unspecified atom stereocenters. The van der Waals surface area contributed by atoms with Crippen LogP contribution in [0, 0.1) is 17.8 Å². The smallest absolute Gasteiger partial charge is 0.306 e. The van der Waals surface area contributed by atoms with Crippen LogP contribution in [0.25, 0.3) is 10.9 Å². The number of aromatic nitrogens is 2. The van der Waals surface area contributed by atoms with E-state index in [2.05, 4.69) is 46.5 Å². The highest BCUT2D eigenvalue weighted by Gasteiger charge is 2.28. The standard InChI is InChI=1S/C28H29N3O3/c1-2-4-20-11-14-24(27(32)30-23-12-9-21(10-13-23)28(33)34)26-25(20)16-29-31(26)17-18-5-3-6-22(15-18)19-7-8-19/h3,5-6,11,14-16,19,21,23H,7-10,12-13,17H2,1H3,(H,30,32)(H,33,34). The van der Waals surface area contributed by atoms with Crippen LogP contribution in [0.15, 0.2) is 42.6 Å². The van der Waals surface area contributed by atoms with Gasteiger partial charge in [-0.1, -0.05) is 30.2 Å². The predicted octanol–water partition coefficient (Wildman–Crippen LogP) is 4.71. The van der Waals surface area contributed by atoms with Crippen LogP contribution in [0.1, 0.15) is 78.4 Å². The van der Waals surface area contributed by atoms with Crippen LogP contribution in [0.2, 0.25) is 0 Å². The monoisotopic (exact) mass is 455 g/mol. The topological polar surface area (TPSA) is 84.2 Å². The van der Waals surface area contributed by atoms with E-state index in [9.17, 15) is 14.7 Å². The molecular formula is C28H29N3O3. The molecule has 0 spiro atoms. The summed E-state index contributed by atoms with van der Waals surface area (Å²) in [6.45, 7) is 2.38. The second kappa shape index (κ2) is 9.34. The van der Waals surface area contributed by atoms with E-state index < -0.39 is 5.97 Å². The summed E-state index contributed by atoms with van der Waals surface area (Å²) in [6, 6.07) is 12.4. The van der Waals surface area contributed by atoms with Gasteiger partial charge in [-0.3, -0.25) is 14.3 Å². The van der Waals surface area contributed by atoms with Crippen LogP contribution in [0.4, 0.5) is 0 Å². The van der Waals surface area contributed by atoms with Crippen LogP contribution in [0.5, 0.6) is 0 Å². The first-order valence-corrected chi connectivity index (χ1v) is 12.1. The molecule has 174 valence electrons. The summed E-state index contributed by atoms with van der Waals surface area (Å²) >= 11 is 0. The highest BCUT2D eigenvalue weighted by Crippen LogP contribution is 2.40. The fourth-order valence-electron chi connectivity index (χ4n) is 5.03. The Bertz CT molecular complexity index is 1300. The largest absolute Gasteiger partial charge is 0.481 e. The van der Waals surface area contributed by atoms with Gasteiger partial charge in [-0.25, -0.2) is 0 Å². The zero-order valence-corrected chi connectivity index (χ0v) is 19.4. The Morgan fingerprint density at radius 1 is 1.12 bits per heavy atom. The summed E-state index contributed by atoms with van der Waals surface area (Å²) in [5, 5.41) is 17.9. The van der Waals surface area contributed by atoms with E-state index in [1.54, 1.807) is 13.1 Å². The van der Waals surface area contributed by atoms with E-state index in [4.69, 9.17) is 0 Å². The van der Waals surface area contributed by atoms with Crippen molar-refractivity contribution in [2.75, 3.05) is 0 Å². The van der Waals surface area contributed by atoms with Crippen LogP contribution in [-0.2, 0) is 11.3 Å². The average molecular weight is 456 g/mol. The van der Waals surface area contributed by atoms with Crippen molar-refractivity contribution >= 4 is 22.8 Å². The summed E-state index contributed by atoms with van der Waals surface area (Å²) in [7, 11) is 0. The molecule has 1 heterocycles. The first-order chi connectivity index (χ1) is 16.5. The second-order valence-electron chi connectivity index (χ2n) is 9.48. The molecule has 34 heavy (non-hydrogen) atoms. The molecule has 5 rings (SSSR count). The molecule has 0 saturated heterocycles. The van der Waals surface area contributed by atoms with E-state index in [0.717, 1.165) is 16.5 Å². The molecule has 1 amide bonds. The molecule has 1 aromatic heterocycles. The Morgan fingerprint density at radius 3 is 2.62 bits per heavy atom. The van der Waals surface area contributed by atoms with E-state index >= 15 is 0 Å². The van der Waals surface area contributed by atoms with Gasteiger partial charge in [0.05, 0.1) is 29.7 Å². The predicted molar refractivity (Wildman–Crippen MR) is 131 cm³/mol. The Balaban J connectivity index is 1.44. The number of carboxylic acids is 1. The third kappa shape index (κ3) is 4.56. The molecule has 6 nitrogen and oxygen atoms in total. The number of amides is 1. The van der Waals surface area contributed by atoms with Gasteiger partial charge in [0.2, 0.25) is 0 Å². The molecule has 6 heteroatoms. The minimum Gasteiger partial charge on any atom is -0.481 e. The summed E-state index contributed by atoms with van der Waals surface area (Å²) in [5.74, 6) is 5.57. The van der Waals surface area contributed by atoms with Gasteiger partial charge < -0.3 is 10.4 Å². The van der Waals surface area contributed by atoms with E-state index in [0.29, 0.717) is 43.7 Å². The van der Waals surface area contributed by atoms with Crippen molar-refractivity contribution in [2.24, 2.45) is 5.92 Å². The number of nitrogens with zero attached hydrogens (tertiary/aromatic N) is 2. The second-order valence-corrected chi connectivity index (χ2v) is 9.48. The lowest BCUT2D eigenvalue weighted by Crippen LogP contribution is -2.38. The number of hydrogen-bond acceptors (Lipinski definition) is 3. The number of nitrogens with one attached hydrogen (secondary N) is 1. The lowest BCUT2D eigenvalue weighted by atomic mass is 9.86. The fraction of sp³-hybridized carbons (Fsp3) is 0.393. The van der Waals surface area contributed by atoms with Gasteiger partial charge >= 0.3 is 5.97 Å². The number of fused-ring (bicyclic) bond motifs is 1. The van der Waals surface area contributed by atoms with Crippen molar-refractivity contribution in [3.8, 4) is 11.8 Å². The zero-order chi connectivity index (χ0) is 23.7. The molecule has 2 fully saturated rings. The van der Waals surface area contributed by atoms with Crippen LogP contribution >= 0.6 is 0 Å². The molecule has 2 saturated carbocycles. The third-order valence-corrected chi connectivity index (χ3v) is 7.05. The highest BCUT2D eigenvalue weighted by atomic mass is 16.4. The lowest BCUT2D eigenvalue weighted by Gasteiger charge is -2.27. The van der Waals surface area contributed by atoms with Gasteiger partial charge in [0.25, 0.3) is 5.91 Å². The Morgan fingerprint density at radius 2 is 1.91 bits per heavy atom. The molecule has 0 bridgehead atoms. The van der Waals surface area contributed by atoms with Crippen molar-refractivity contribution < 1.29 is 14.7 Å². The quantitative estimate of drug-likeness (QED) is 0.528. The molecular weight excluding hydrogens is 426 g/mol. The van der Waals surface area contributed by atoms with E-state index in [-0.39, 0.29) is 17.9 Å². The summed E-state index contributed by atoms with van der Waals surface area (Å²) in [5.41, 5.74) is 4.76. The third-order valence-electron chi connectivity index (χ3n) is 7.05. The van der Waals surface area contributed by atoms with Crippen molar-refractivity contribution in [2.45, 2.75) is 64.0 Å². The molecule has 0 aliphatic heterocycles. The molecule has 0 radical (unpaired) electrons. The molecule has 0 atom stereocenters. The number of carbonyl (C=O) groups is 2. The minimum absolute atomic E-state index is 0.0140. The number of carbonyl (C=O) groups excluding carboxylic acids is 1. The van der Waals surface area contributed by atoms with Gasteiger partial charge in [-0.15, -0.1) is 5.92 Å². The maximum atomic E-state index is 13.4. The first-order valence-electron chi connectivity index (χ1n) is 12.1. The van der Waals surface area contributed by atoms with Gasteiger partial charge in [0, 0.05) is 17.0 Å². The Kier molecular flexibility index (Phi) is 6.10. The summed E-state index contributed by atoms with van der Waals surface area (Å²) < 4.78 is 1.90. The first kappa shape index (κ1) is 22.2. The molecule has 2 N–H and O–H groups in total. The molecule has 3 aromatic rings. The van der Waals surface area contributed by atoms with Crippen molar-refractivity contribution in [3.05, 3.63) is 64.8 Å². The number of hydrogen-bond donors (Lipinski definition) is 2. The van der Waals surface area contributed by atoms with Gasteiger partial charge in [-0.2, -0.15) is 5.10 Å². The summed E-state index contributed by atoms with van der Waals surface area (Å²) in [6.07, 6.45) is 6.86. The van der Waals surface area contributed by atoms with Crippen LogP contribution in [-0.4, -0.2) is 32.8 Å². The van der Waals surface area contributed by atoms with Crippen molar-refractivity contribution in [1.29, 1.82) is 0 Å². The van der Waals surface area contributed by atoms with Gasteiger partial charge in [0.1, 0.15) is 0 Å². The average Bonchev–Trinajstić information content (AvgIpc) is 3.61. The van der Waals surface area contributed by atoms with E-state index in [1.165, 1.54) is 24.0 Å². The van der Waals surface area contributed by atoms with Crippen molar-refractivity contribution in [3.63, 3.8) is 0 Å². The fourth-order valence-corrected chi connectivity index (χ4v) is 5.03. The highest BCUT2D eigenvalue weighted by molar-refractivity contribution is 6.07. The van der Waals surface area contributed by atoms with Crippen LogP contribution in [0.3, 0.4) is 0 Å². The lowest BCUT2D eigenvalue weighted by molar-refractivity contribution is -0.142. The molecule has 2 aromatic carbocycles. The SMILES string of the molecule is CC#Cc1ccc(C(=O)NC2CCC(C(=O)O)CC2)c2c1cnn2Cc1cccc(C2CC2)c1. The normalized spacial score (nSPS) is 19.9. The molecule has 2 aliphatic carbocycles. The Hall–Kier alpha value is -3.59. The molecule has 2 aliphatic rings. The zero-order valence-electron chi connectivity index (χ0n) is 19.4. The maximum Gasteiger partial charge on any atom is 0.306 e. The van der Waals surface area contributed by atoms with Crippen molar-refractivity contribution in [1.82, 2.24) is 15.1 Å². The maximum absolute atomic E-state index is 13.4. The summed E-state index contributed by atoms with van der Waals surface area (Å²) in [4.78, 5) is 24.6.